The number of carbonyl (C=O) groups is 1. The molecule has 4 aromatic rings. The van der Waals surface area contributed by atoms with E-state index in [0.29, 0.717) is 11.0 Å². The highest BCUT2D eigenvalue weighted by Crippen LogP contribution is 2.30. The number of amides is 1. The van der Waals surface area contributed by atoms with Gasteiger partial charge in [0.2, 0.25) is 5.91 Å². The second-order valence-electron chi connectivity index (χ2n) is 8.00. The number of aryl methyl sites for hydroxylation is 1. The Kier molecular flexibility index (Phi) is 6.93. The molecule has 0 fully saturated rings. The first kappa shape index (κ1) is 22.8. The van der Waals surface area contributed by atoms with Crippen LogP contribution >= 0.6 is 11.8 Å². The molecule has 33 heavy (non-hydrogen) atoms. The molecule has 0 aliphatic rings. The van der Waals surface area contributed by atoms with Gasteiger partial charge < -0.3 is 9.73 Å². The summed E-state index contributed by atoms with van der Waals surface area (Å²) in [6.07, 6.45) is 1.62. The number of para-hydroxylation sites is 1. The molecule has 1 N–H and O–H groups in total. The molecule has 0 saturated carbocycles. The lowest BCUT2D eigenvalue weighted by Crippen LogP contribution is -2.33. The number of carbonyl (C=O) groups excluding carboxylic acids is 1. The van der Waals surface area contributed by atoms with Crippen LogP contribution in [0.5, 0.6) is 0 Å². The predicted octanol–water partition coefficient (Wildman–Crippen LogP) is 5.58. The van der Waals surface area contributed by atoms with Gasteiger partial charge in [0.05, 0.1) is 23.6 Å². The van der Waals surface area contributed by atoms with Crippen molar-refractivity contribution in [2.75, 3.05) is 5.75 Å². The van der Waals surface area contributed by atoms with Crippen molar-refractivity contribution in [3.05, 3.63) is 84.1 Å². The molecule has 1 unspecified atom stereocenters. The highest BCUT2D eigenvalue weighted by atomic mass is 32.2. The van der Waals surface area contributed by atoms with E-state index >= 15 is 0 Å². The standard InChI is InChI=1S/C25H25FN4O2S/c1-16(2)23(18-9-11-19(26)12-10-18)27-22(31)15-33-25-29-28-24(21-13-14-32-17(21)3)30(25)20-7-5-4-6-8-20/h4-14,16,23H,15H2,1-3H3,(H,27,31). The van der Waals surface area contributed by atoms with Crippen molar-refractivity contribution in [3.63, 3.8) is 0 Å². The van der Waals surface area contributed by atoms with Gasteiger partial charge in [-0.2, -0.15) is 0 Å². The van der Waals surface area contributed by atoms with Gasteiger partial charge in [0.1, 0.15) is 11.6 Å². The van der Waals surface area contributed by atoms with E-state index in [0.717, 1.165) is 22.6 Å². The lowest BCUT2D eigenvalue weighted by Gasteiger charge is -2.23. The molecule has 2 heterocycles. The minimum absolute atomic E-state index is 0.133. The molecule has 0 aliphatic heterocycles. The van der Waals surface area contributed by atoms with Crippen LogP contribution in [0.1, 0.15) is 31.2 Å². The van der Waals surface area contributed by atoms with Crippen LogP contribution in [0.4, 0.5) is 4.39 Å². The lowest BCUT2D eigenvalue weighted by molar-refractivity contribution is -0.119. The van der Waals surface area contributed by atoms with Crippen LogP contribution < -0.4 is 5.32 Å². The van der Waals surface area contributed by atoms with Gasteiger partial charge in [0, 0.05) is 5.69 Å². The molecule has 0 radical (unpaired) electrons. The van der Waals surface area contributed by atoms with E-state index < -0.39 is 0 Å². The molecule has 1 amide bonds. The summed E-state index contributed by atoms with van der Waals surface area (Å²) in [5, 5.41) is 12.4. The van der Waals surface area contributed by atoms with Gasteiger partial charge in [-0.15, -0.1) is 10.2 Å². The van der Waals surface area contributed by atoms with Gasteiger partial charge in [0.15, 0.2) is 11.0 Å². The summed E-state index contributed by atoms with van der Waals surface area (Å²) in [5.74, 6) is 1.28. The molecule has 0 saturated heterocycles. The maximum atomic E-state index is 13.3. The normalized spacial score (nSPS) is 12.2. The Labute approximate surface area is 196 Å². The molecule has 4 rings (SSSR count). The number of benzene rings is 2. The SMILES string of the molecule is Cc1occc1-c1nnc(SCC(=O)NC(c2ccc(F)cc2)C(C)C)n1-c1ccccc1. The minimum atomic E-state index is -0.299. The zero-order valence-corrected chi connectivity index (χ0v) is 19.5. The Bertz CT molecular complexity index is 1220. The Morgan fingerprint density at radius 1 is 1.09 bits per heavy atom. The largest absolute Gasteiger partial charge is 0.469 e. The predicted molar refractivity (Wildman–Crippen MR) is 127 cm³/mol. The van der Waals surface area contributed by atoms with E-state index in [-0.39, 0.29) is 29.4 Å². The summed E-state index contributed by atoms with van der Waals surface area (Å²) in [7, 11) is 0. The van der Waals surface area contributed by atoms with Gasteiger partial charge in [-0.25, -0.2) is 4.39 Å². The number of furan rings is 1. The average molecular weight is 465 g/mol. The molecule has 0 bridgehead atoms. The van der Waals surface area contributed by atoms with Crippen molar-refractivity contribution in [2.24, 2.45) is 5.92 Å². The van der Waals surface area contributed by atoms with E-state index in [1.54, 1.807) is 18.4 Å². The molecule has 6 nitrogen and oxygen atoms in total. The molecule has 170 valence electrons. The van der Waals surface area contributed by atoms with Crippen LogP contribution in [0.15, 0.2) is 76.5 Å². The number of rotatable bonds is 8. The van der Waals surface area contributed by atoms with Crippen LogP contribution in [0.2, 0.25) is 0 Å². The van der Waals surface area contributed by atoms with Crippen LogP contribution in [0, 0.1) is 18.7 Å². The van der Waals surface area contributed by atoms with Gasteiger partial charge in [-0.3, -0.25) is 9.36 Å². The fourth-order valence-electron chi connectivity index (χ4n) is 3.61. The van der Waals surface area contributed by atoms with E-state index in [4.69, 9.17) is 4.42 Å². The van der Waals surface area contributed by atoms with Crippen LogP contribution in [-0.2, 0) is 4.79 Å². The first-order valence-electron chi connectivity index (χ1n) is 10.7. The van der Waals surface area contributed by atoms with Crippen molar-refractivity contribution in [3.8, 4) is 17.1 Å². The fraction of sp³-hybridized carbons (Fsp3) is 0.240. The molecular weight excluding hydrogens is 439 g/mol. The quantitative estimate of drug-likeness (QED) is 0.345. The fourth-order valence-corrected chi connectivity index (χ4v) is 4.38. The van der Waals surface area contributed by atoms with Gasteiger partial charge in [0.25, 0.3) is 0 Å². The Hall–Kier alpha value is -3.39. The molecule has 0 spiro atoms. The molecular formula is C25H25FN4O2S. The van der Waals surface area contributed by atoms with Crippen molar-refractivity contribution < 1.29 is 13.6 Å². The van der Waals surface area contributed by atoms with Crippen LogP contribution in [-0.4, -0.2) is 26.4 Å². The number of thioether (sulfide) groups is 1. The highest BCUT2D eigenvalue weighted by molar-refractivity contribution is 7.99. The second-order valence-corrected chi connectivity index (χ2v) is 8.94. The summed E-state index contributed by atoms with van der Waals surface area (Å²) in [6.45, 7) is 5.92. The molecule has 2 aromatic heterocycles. The second kappa shape index (κ2) is 10.0. The third-order valence-corrected chi connectivity index (χ3v) is 6.22. The minimum Gasteiger partial charge on any atom is -0.469 e. The zero-order valence-electron chi connectivity index (χ0n) is 18.7. The summed E-state index contributed by atoms with van der Waals surface area (Å²) in [6, 6.07) is 17.6. The lowest BCUT2D eigenvalue weighted by atomic mass is 9.96. The zero-order chi connectivity index (χ0) is 23.4. The van der Waals surface area contributed by atoms with Crippen molar-refractivity contribution >= 4 is 17.7 Å². The number of hydrogen-bond donors (Lipinski definition) is 1. The summed E-state index contributed by atoms with van der Waals surface area (Å²) < 4.78 is 20.7. The summed E-state index contributed by atoms with van der Waals surface area (Å²) in [5.41, 5.74) is 2.61. The maximum Gasteiger partial charge on any atom is 0.230 e. The summed E-state index contributed by atoms with van der Waals surface area (Å²) in [4.78, 5) is 12.8. The number of halogens is 1. The average Bonchev–Trinajstić information content (AvgIpc) is 3.42. The number of aromatic nitrogens is 3. The van der Waals surface area contributed by atoms with Crippen LogP contribution in [0.3, 0.4) is 0 Å². The van der Waals surface area contributed by atoms with Crippen molar-refractivity contribution in [1.82, 2.24) is 20.1 Å². The maximum absolute atomic E-state index is 13.3. The Balaban J connectivity index is 1.54. The topological polar surface area (TPSA) is 72.9 Å². The van der Waals surface area contributed by atoms with Crippen molar-refractivity contribution in [1.29, 1.82) is 0 Å². The van der Waals surface area contributed by atoms with E-state index in [2.05, 4.69) is 15.5 Å². The highest BCUT2D eigenvalue weighted by Gasteiger charge is 2.22. The Morgan fingerprint density at radius 2 is 1.82 bits per heavy atom. The molecule has 0 aliphatic carbocycles. The van der Waals surface area contributed by atoms with Crippen LogP contribution in [0.25, 0.3) is 17.1 Å². The van der Waals surface area contributed by atoms with Gasteiger partial charge in [-0.1, -0.05) is 55.9 Å². The monoisotopic (exact) mass is 464 g/mol. The first-order valence-corrected chi connectivity index (χ1v) is 11.7. The van der Waals surface area contributed by atoms with E-state index in [9.17, 15) is 9.18 Å². The van der Waals surface area contributed by atoms with Gasteiger partial charge in [-0.05, 0) is 48.7 Å². The number of nitrogens with one attached hydrogen (secondary N) is 1. The number of hydrogen-bond acceptors (Lipinski definition) is 5. The number of nitrogens with zero attached hydrogens (tertiary/aromatic N) is 3. The molecule has 8 heteroatoms. The third kappa shape index (κ3) is 5.17. The summed E-state index contributed by atoms with van der Waals surface area (Å²) >= 11 is 1.31. The molecule has 1 atom stereocenters. The van der Waals surface area contributed by atoms with E-state index in [1.807, 2.05) is 61.7 Å². The Morgan fingerprint density at radius 3 is 2.45 bits per heavy atom. The smallest absolute Gasteiger partial charge is 0.230 e. The molecule has 2 aromatic carbocycles. The third-order valence-electron chi connectivity index (χ3n) is 5.29. The van der Waals surface area contributed by atoms with Crippen molar-refractivity contribution in [2.45, 2.75) is 32.0 Å². The van der Waals surface area contributed by atoms with Gasteiger partial charge >= 0.3 is 0 Å². The first-order chi connectivity index (χ1) is 15.9. The van der Waals surface area contributed by atoms with E-state index in [1.165, 1.54) is 23.9 Å².